The Morgan fingerprint density at radius 2 is 0.702 bits per heavy atom. The summed E-state index contributed by atoms with van der Waals surface area (Å²) in [5, 5.41) is 3.25. The number of hydrogen-bond acceptors (Lipinski definition) is 12. The first-order chi connectivity index (χ1) is 27.9. The number of nitrogens with zero attached hydrogens (tertiary/aromatic N) is 8. The van der Waals surface area contributed by atoms with E-state index in [0.717, 1.165) is 43.8 Å². The van der Waals surface area contributed by atoms with Crippen molar-refractivity contribution < 1.29 is 47.0 Å². The number of benzene rings is 4. The normalized spacial score (nSPS) is 16.2. The van der Waals surface area contributed by atoms with Crippen molar-refractivity contribution in [3.8, 4) is 46.0 Å². The van der Waals surface area contributed by atoms with Crippen molar-refractivity contribution in [1.29, 1.82) is 0 Å². The average Bonchev–Trinajstić information content (AvgIpc) is 3.95. The summed E-state index contributed by atoms with van der Waals surface area (Å²) in [7, 11) is 13.0. The maximum atomic E-state index is 5.87. The lowest BCUT2D eigenvalue weighted by atomic mass is 10.1. The third-order valence-electron chi connectivity index (χ3n) is 11.8. The Balaban J connectivity index is 1.36. The van der Waals surface area contributed by atoms with Crippen LogP contribution < -0.4 is 48.9 Å². The lowest BCUT2D eigenvalue weighted by Crippen LogP contribution is -2.71. The monoisotopic (exact) mass is 764 g/mol. The SMILES string of the molecule is COc1cc2c(cc1OC)C1=[N+]3C2=Nc2c4cc(OC)c(OC)cc4c4n2C32n3c(c5cc(OC)c(OC)cc5c3=NC3=[N+]2C(=N4)c2cc(OC)c(OC)cc23)=N1. The van der Waals surface area contributed by atoms with Gasteiger partial charge in [0, 0.05) is 0 Å². The van der Waals surface area contributed by atoms with E-state index in [1.54, 1.807) is 56.9 Å². The highest BCUT2D eigenvalue weighted by molar-refractivity contribution is 6.21. The topological polar surface area (TPSA) is 139 Å². The molecule has 0 aliphatic carbocycles. The third kappa shape index (κ3) is 3.39. The van der Waals surface area contributed by atoms with E-state index in [-0.39, 0.29) is 0 Å². The summed E-state index contributed by atoms with van der Waals surface area (Å²) in [6.07, 6.45) is 0. The zero-order valence-electron chi connectivity index (χ0n) is 32.0. The van der Waals surface area contributed by atoms with Gasteiger partial charge in [-0.3, -0.25) is 0 Å². The van der Waals surface area contributed by atoms with Gasteiger partial charge >= 0.3 is 5.91 Å². The molecule has 0 N–H and O–H groups in total. The predicted molar refractivity (Wildman–Crippen MR) is 206 cm³/mol. The fourth-order valence-electron chi connectivity index (χ4n) is 9.38. The van der Waals surface area contributed by atoms with Crippen molar-refractivity contribution in [2.24, 2.45) is 20.0 Å². The number of aliphatic imine (C=N–C) groups is 2. The molecule has 57 heavy (non-hydrogen) atoms. The molecule has 0 bridgehead atoms. The molecule has 0 fully saturated rings. The predicted octanol–water partition coefficient (Wildman–Crippen LogP) is 3.78. The molecule has 1 spiro atoms. The third-order valence-corrected chi connectivity index (χ3v) is 11.8. The van der Waals surface area contributed by atoms with Crippen LogP contribution in [0.4, 0.5) is 11.6 Å². The molecule has 0 amide bonds. The summed E-state index contributed by atoms with van der Waals surface area (Å²) in [4.78, 5) is 22.1. The van der Waals surface area contributed by atoms with Crippen LogP contribution in [0.5, 0.6) is 46.0 Å². The lowest BCUT2D eigenvalue weighted by molar-refractivity contribution is -0.790. The van der Waals surface area contributed by atoms with Crippen LogP contribution in [-0.2, 0) is 5.91 Å². The lowest BCUT2D eigenvalue weighted by Gasteiger charge is -2.40. The van der Waals surface area contributed by atoms with Crippen LogP contribution in [0.25, 0.3) is 21.5 Å². The van der Waals surface area contributed by atoms with Crippen LogP contribution in [0.3, 0.4) is 0 Å². The molecule has 282 valence electrons. The smallest absolute Gasteiger partial charge is 0.404 e. The number of aromatic nitrogens is 2. The number of methoxy groups -OCH3 is 8. The minimum atomic E-state index is -1.31. The van der Waals surface area contributed by atoms with Gasteiger partial charge in [0.1, 0.15) is 0 Å². The van der Waals surface area contributed by atoms with Crippen molar-refractivity contribution >= 4 is 56.5 Å². The van der Waals surface area contributed by atoms with Crippen molar-refractivity contribution in [3.05, 3.63) is 81.8 Å². The molecule has 0 radical (unpaired) electrons. The van der Waals surface area contributed by atoms with Gasteiger partial charge in [-0.2, -0.15) is 9.13 Å². The van der Waals surface area contributed by atoms with Gasteiger partial charge in [0.15, 0.2) is 46.0 Å². The molecular weight excluding hydrogens is 732 g/mol. The van der Waals surface area contributed by atoms with Crippen LogP contribution in [0.1, 0.15) is 22.3 Å². The molecule has 4 aromatic carbocycles. The second kappa shape index (κ2) is 10.5. The second-order valence-electron chi connectivity index (χ2n) is 14.0. The van der Waals surface area contributed by atoms with Crippen molar-refractivity contribution in [3.63, 3.8) is 0 Å². The summed E-state index contributed by atoms with van der Waals surface area (Å²) in [5.41, 5.74) is 4.55. The van der Waals surface area contributed by atoms with E-state index in [0.29, 0.717) is 91.9 Å². The van der Waals surface area contributed by atoms with Gasteiger partial charge < -0.3 is 37.9 Å². The van der Waals surface area contributed by atoms with Crippen LogP contribution in [0.2, 0.25) is 0 Å². The van der Waals surface area contributed by atoms with Gasteiger partial charge in [0.2, 0.25) is 22.6 Å². The van der Waals surface area contributed by atoms with Crippen molar-refractivity contribution in [2.45, 2.75) is 5.91 Å². The first-order valence-electron chi connectivity index (χ1n) is 18.0. The minimum absolute atomic E-state index is 0.557. The van der Waals surface area contributed by atoms with E-state index >= 15 is 0 Å². The van der Waals surface area contributed by atoms with E-state index in [4.69, 9.17) is 57.9 Å². The number of amidine groups is 4. The summed E-state index contributed by atoms with van der Waals surface area (Å²) in [6.45, 7) is 0. The average molecular weight is 765 g/mol. The molecule has 0 saturated carbocycles. The zero-order chi connectivity index (χ0) is 38.8. The quantitative estimate of drug-likeness (QED) is 0.214. The largest absolute Gasteiger partial charge is 0.493 e. The zero-order valence-corrected chi connectivity index (χ0v) is 32.0. The summed E-state index contributed by atoms with van der Waals surface area (Å²) < 4.78 is 55.7. The molecule has 0 atom stereocenters. The van der Waals surface area contributed by atoms with Crippen LogP contribution in [0, 0.1) is 0 Å². The Labute approximate surface area is 322 Å². The molecule has 6 aliphatic rings. The molecule has 2 aromatic heterocycles. The second-order valence-corrected chi connectivity index (χ2v) is 14.0. The van der Waals surface area contributed by atoms with Crippen LogP contribution in [-0.4, -0.2) is 98.5 Å². The summed E-state index contributed by atoms with van der Waals surface area (Å²) in [6, 6.07) is 15.7. The van der Waals surface area contributed by atoms with Gasteiger partial charge in [-0.1, -0.05) is 20.0 Å². The van der Waals surface area contributed by atoms with E-state index in [1.807, 2.05) is 48.5 Å². The van der Waals surface area contributed by atoms with Gasteiger partial charge in [-0.25, -0.2) is 0 Å². The first kappa shape index (κ1) is 31.9. The number of rotatable bonds is 8. The van der Waals surface area contributed by atoms with Gasteiger partial charge in [-0.05, 0) is 48.5 Å². The molecule has 6 aromatic rings. The fraction of sp³-hybridized carbons (Fsp3) is 0.220. The molecule has 12 rings (SSSR count). The van der Waals surface area contributed by atoms with Crippen molar-refractivity contribution in [2.75, 3.05) is 56.9 Å². The Morgan fingerprint density at radius 3 is 1.05 bits per heavy atom. The molecule has 16 nitrogen and oxygen atoms in total. The first-order valence-corrected chi connectivity index (χ1v) is 18.0. The van der Waals surface area contributed by atoms with Crippen LogP contribution in [0.15, 0.2) is 68.5 Å². The molecule has 8 heterocycles. The van der Waals surface area contributed by atoms with E-state index in [2.05, 4.69) is 18.3 Å². The highest BCUT2D eigenvalue weighted by Gasteiger charge is 2.69. The maximum Gasteiger partial charge on any atom is 0.404 e. The molecule has 0 unspecified atom stereocenters. The van der Waals surface area contributed by atoms with Gasteiger partial charge in [0.25, 0.3) is 23.3 Å². The number of fused-ring (bicyclic) bond motifs is 12. The standard InChI is InChI=1S/C41H32N8O8/c1-50-25-9-17-18(10-26(25)51-2)34-43-36-21-13-29(54-5)30(55-6)14-22(21)38-45-40-24-16-32(57-8)31(56-7)15-23(24)39-44-37-20-12-28(53-4)27(52-3)11-19(20)35-42-33(17)46(34)41(47(35)37,48(36)38)49(39)40/h9-16H,1-8H3/q+2. The highest BCUT2D eigenvalue weighted by Crippen LogP contribution is 2.55. The molecule has 16 heteroatoms. The van der Waals surface area contributed by atoms with Crippen LogP contribution >= 0.6 is 0 Å². The highest BCUT2D eigenvalue weighted by atomic mass is 16.5. The van der Waals surface area contributed by atoms with Gasteiger partial charge in [0.05, 0.1) is 101 Å². The number of ether oxygens (including phenoxy) is 8. The molecule has 0 saturated heterocycles. The van der Waals surface area contributed by atoms with E-state index < -0.39 is 5.91 Å². The minimum Gasteiger partial charge on any atom is -0.493 e. The molecular formula is C41H32N8O8+2. The Morgan fingerprint density at radius 1 is 0.386 bits per heavy atom. The summed E-state index contributed by atoms with van der Waals surface area (Å²) in [5.74, 6) is 7.04. The Bertz CT molecular complexity index is 3040. The van der Waals surface area contributed by atoms with Crippen molar-refractivity contribution in [1.82, 2.24) is 9.13 Å². The fourth-order valence-corrected chi connectivity index (χ4v) is 9.38. The maximum absolute atomic E-state index is 5.87. The Kier molecular flexibility index (Phi) is 5.87. The number of hydrogen-bond donors (Lipinski definition) is 0. The van der Waals surface area contributed by atoms with E-state index in [1.165, 1.54) is 0 Å². The Hall–Kier alpha value is -7.36. The van der Waals surface area contributed by atoms with E-state index in [9.17, 15) is 0 Å². The summed E-state index contributed by atoms with van der Waals surface area (Å²) >= 11 is 0. The molecule has 6 aliphatic heterocycles. The van der Waals surface area contributed by atoms with Gasteiger partial charge in [-0.15, -0.1) is 9.15 Å².